The first-order valence-corrected chi connectivity index (χ1v) is 4.83. The molecular formula is C10H18O4. The normalized spacial score (nSPS) is 24.9. The van der Waals surface area contributed by atoms with Crippen LogP contribution >= 0.6 is 0 Å². The fraction of sp³-hybridized carbons (Fsp3) is 0.900. The number of hydrogen-bond donors (Lipinski definition) is 0. The molecule has 0 aliphatic heterocycles. The van der Waals surface area contributed by atoms with E-state index < -0.39 is 5.79 Å². The fourth-order valence-corrected chi connectivity index (χ4v) is 2.02. The third-order valence-electron chi connectivity index (χ3n) is 2.96. The van der Waals surface area contributed by atoms with E-state index in [9.17, 15) is 4.79 Å². The highest BCUT2D eigenvalue weighted by atomic mass is 16.7. The first-order chi connectivity index (χ1) is 6.65. The first kappa shape index (κ1) is 11.5. The van der Waals surface area contributed by atoms with Gasteiger partial charge in [0, 0.05) is 33.5 Å². The predicted molar refractivity (Wildman–Crippen MR) is 50.7 cm³/mol. The Hall–Kier alpha value is -0.610. The standard InChI is InChI=1S/C10H18O4/c1-12-9(11)6-8-4-5-10(7-8,13-2)14-3/h8H,4-7H2,1-3H3/t8-/m1/s1. The summed E-state index contributed by atoms with van der Waals surface area (Å²) in [6.45, 7) is 0. The Labute approximate surface area is 84.5 Å². The predicted octanol–water partition coefficient (Wildman–Crippen LogP) is 1.34. The number of esters is 1. The summed E-state index contributed by atoms with van der Waals surface area (Å²) in [4.78, 5) is 11.1. The molecule has 0 saturated heterocycles. The minimum absolute atomic E-state index is 0.155. The molecule has 0 aromatic heterocycles. The van der Waals surface area contributed by atoms with Crippen LogP contribution in [0.1, 0.15) is 25.7 Å². The Morgan fingerprint density at radius 2 is 2.00 bits per heavy atom. The zero-order valence-electron chi connectivity index (χ0n) is 9.04. The average Bonchev–Trinajstić information content (AvgIpc) is 2.62. The number of carbonyl (C=O) groups is 1. The van der Waals surface area contributed by atoms with E-state index in [1.165, 1.54) is 7.11 Å². The van der Waals surface area contributed by atoms with Crippen molar-refractivity contribution in [2.75, 3.05) is 21.3 Å². The largest absolute Gasteiger partial charge is 0.469 e. The number of carbonyl (C=O) groups excluding carboxylic acids is 1. The highest BCUT2D eigenvalue weighted by Crippen LogP contribution is 2.39. The topological polar surface area (TPSA) is 44.8 Å². The summed E-state index contributed by atoms with van der Waals surface area (Å²) >= 11 is 0. The second-order valence-electron chi connectivity index (χ2n) is 3.71. The molecule has 0 unspecified atom stereocenters. The van der Waals surface area contributed by atoms with Crippen LogP contribution in [0.5, 0.6) is 0 Å². The number of hydrogen-bond acceptors (Lipinski definition) is 4. The lowest BCUT2D eigenvalue weighted by Crippen LogP contribution is -2.30. The van der Waals surface area contributed by atoms with Gasteiger partial charge >= 0.3 is 5.97 Å². The highest BCUT2D eigenvalue weighted by Gasteiger charge is 2.40. The zero-order valence-corrected chi connectivity index (χ0v) is 9.04. The van der Waals surface area contributed by atoms with Crippen molar-refractivity contribution in [2.24, 2.45) is 5.92 Å². The van der Waals surface area contributed by atoms with Gasteiger partial charge < -0.3 is 14.2 Å². The Balaban J connectivity index is 2.44. The molecule has 1 aliphatic rings. The number of rotatable bonds is 4. The lowest BCUT2D eigenvalue weighted by molar-refractivity contribution is -0.202. The SMILES string of the molecule is COC(=O)C[C@H]1CCC(OC)(OC)C1. The fourth-order valence-electron chi connectivity index (χ4n) is 2.02. The summed E-state index contributed by atoms with van der Waals surface area (Å²) in [6, 6.07) is 0. The van der Waals surface area contributed by atoms with E-state index in [4.69, 9.17) is 9.47 Å². The van der Waals surface area contributed by atoms with E-state index in [1.807, 2.05) is 0 Å². The van der Waals surface area contributed by atoms with Crippen molar-refractivity contribution in [3.05, 3.63) is 0 Å². The van der Waals surface area contributed by atoms with E-state index in [0.717, 1.165) is 19.3 Å². The lowest BCUT2D eigenvalue weighted by atomic mass is 10.0. The van der Waals surface area contributed by atoms with Crippen LogP contribution < -0.4 is 0 Å². The minimum Gasteiger partial charge on any atom is -0.469 e. The van der Waals surface area contributed by atoms with Crippen molar-refractivity contribution in [1.82, 2.24) is 0 Å². The maximum atomic E-state index is 11.1. The monoisotopic (exact) mass is 202 g/mol. The van der Waals surface area contributed by atoms with Crippen LogP contribution in [0.25, 0.3) is 0 Å². The molecule has 4 heteroatoms. The molecule has 0 aromatic rings. The van der Waals surface area contributed by atoms with Gasteiger partial charge in [0.25, 0.3) is 0 Å². The van der Waals surface area contributed by atoms with Crippen molar-refractivity contribution in [1.29, 1.82) is 0 Å². The molecule has 4 nitrogen and oxygen atoms in total. The first-order valence-electron chi connectivity index (χ1n) is 4.83. The Morgan fingerprint density at radius 1 is 1.36 bits per heavy atom. The smallest absolute Gasteiger partial charge is 0.305 e. The maximum absolute atomic E-state index is 11.1. The molecule has 1 aliphatic carbocycles. The molecular weight excluding hydrogens is 184 g/mol. The van der Waals surface area contributed by atoms with E-state index >= 15 is 0 Å². The molecule has 82 valence electrons. The van der Waals surface area contributed by atoms with Crippen molar-refractivity contribution in [3.63, 3.8) is 0 Å². The Morgan fingerprint density at radius 3 is 2.43 bits per heavy atom. The molecule has 0 radical (unpaired) electrons. The molecule has 1 atom stereocenters. The molecule has 0 amide bonds. The average molecular weight is 202 g/mol. The van der Waals surface area contributed by atoms with Gasteiger partial charge in [-0.25, -0.2) is 0 Å². The van der Waals surface area contributed by atoms with Crippen LogP contribution in [0.3, 0.4) is 0 Å². The van der Waals surface area contributed by atoms with E-state index in [2.05, 4.69) is 4.74 Å². The van der Waals surface area contributed by atoms with Gasteiger partial charge in [-0.1, -0.05) is 0 Å². The van der Waals surface area contributed by atoms with Crippen LogP contribution in [0, 0.1) is 5.92 Å². The van der Waals surface area contributed by atoms with E-state index in [0.29, 0.717) is 12.3 Å². The quantitative estimate of drug-likeness (QED) is 0.509. The summed E-state index contributed by atoms with van der Waals surface area (Å²) in [5.74, 6) is -0.307. The van der Waals surface area contributed by atoms with E-state index in [1.54, 1.807) is 14.2 Å². The van der Waals surface area contributed by atoms with Crippen LogP contribution in [-0.2, 0) is 19.0 Å². The van der Waals surface area contributed by atoms with E-state index in [-0.39, 0.29) is 5.97 Å². The number of methoxy groups -OCH3 is 3. The van der Waals surface area contributed by atoms with Gasteiger partial charge in [0.2, 0.25) is 0 Å². The summed E-state index contributed by atoms with van der Waals surface area (Å²) in [6.07, 6.45) is 3.04. The second kappa shape index (κ2) is 4.75. The molecule has 0 heterocycles. The molecule has 0 aromatic carbocycles. The molecule has 1 fully saturated rings. The van der Waals surface area contributed by atoms with Gasteiger partial charge in [-0.15, -0.1) is 0 Å². The van der Waals surface area contributed by atoms with Gasteiger partial charge in [-0.05, 0) is 12.3 Å². The van der Waals surface area contributed by atoms with Crippen molar-refractivity contribution in [2.45, 2.75) is 31.5 Å². The second-order valence-corrected chi connectivity index (χ2v) is 3.71. The van der Waals surface area contributed by atoms with Crippen LogP contribution in [0.4, 0.5) is 0 Å². The third kappa shape index (κ3) is 2.45. The van der Waals surface area contributed by atoms with Crippen molar-refractivity contribution < 1.29 is 19.0 Å². The van der Waals surface area contributed by atoms with Crippen LogP contribution in [0.2, 0.25) is 0 Å². The van der Waals surface area contributed by atoms with Crippen LogP contribution in [-0.4, -0.2) is 33.1 Å². The summed E-state index contributed by atoms with van der Waals surface area (Å²) in [5.41, 5.74) is 0. The molecule has 14 heavy (non-hydrogen) atoms. The van der Waals surface area contributed by atoms with Gasteiger partial charge in [0.1, 0.15) is 0 Å². The molecule has 1 rings (SSSR count). The highest BCUT2D eigenvalue weighted by molar-refractivity contribution is 5.69. The summed E-state index contributed by atoms with van der Waals surface area (Å²) in [5, 5.41) is 0. The van der Waals surface area contributed by atoms with Crippen molar-refractivity contribution >= 4 is 5.97 Å². The summed E-state index contributed by atoms with van der Waals surface area (Å²) < 4.78 is 15.3. The van der Waals surface area contributed by atoms with Gasteiger partial charge in [0.15, 0.2) is 5.79 Å². The number of ether oxygens (including phenoxy) is 3. The Bertz CT molecular complexity index is 198. The minimum atomic E-state index is -0.474. The molecule has 0 bridgehead atoms. The van der Waals surface area contributed by atoms with Gasteiger partial charge in [-0.3, -0.25) is 4.79 Å². The maximum Gasteiger partial charge on any atom is 0.305 e. The van der Waals surface area contributed by atoms with Gasteiger partial charge in [-0.2, -0.15) is 0 Å². The van der Waals surface area contributed by atoms with Crippen molar-refractivity contribution in [3.8, 4) is 0 Å². The third-order valence-corrected chi connectivity index (χ3v) is 2.96. The lowest BCUT2D eigenvalue weighted by Gasteiger charge is -2.25. The van der Waals surface area contributed by atoms with Gasteiger partial charge in [0.05, 0.1) is 7.11 Å². The molecule has 0 spiro atoms. The molecule has 1 saturated carbocycles. The molecule has 0 N–H and O–H groups in total. The zero-order chi connectivity index (χ0) is 10.6. The Kier molecular flexibility index (Phi) is 3.89. The summed E-state index contributed by atoms with van der Waals surface area (Å²) in [7, 11) is 4.70. The van der Waals surface area contributed by atoms with Crippen LogP contribution in [0.15, 0.2) is 0 Å².